The van der Waals surface area contributed by atoms with Crippen LogP contribution in [0.4, 0.5) is 17.1 Å². The van der Waals surface area contributed by atoms with Gasteiger partial charge in [-0.05, 0) is 142 Å². The molecule has 13 rings (SSSR count). The molecule has 0 saturated heterocycles. The van der Waals surface area contributed by atoms with Crippen LogP contribution in [0.1, 0.15) is 23.6 Å². The zero-order chi connectivity index (χ0) is 45.9. The third-order valence-corrected chi connectivity index (χ3v) is 14.7. The van der Waals surface area contributed by atoms with Crippen LogP contribution in [0.3, 0.4) is 0 Å². The monoisotopic (exact) mass is 877 g/mol. The van der Waals surface area contributed by atoms with Crippen LogP contribution in [0.5, 0.6) is 0 Å². The number of para-hydroxylation sites is 1. The Morgan fingerprint density at radius 2 is 0.841 bits per heavy atom. The first-order chi connectivity index (χ1) is 34.1. The van der Waals surface area contributed by atoms with Gasteiger partial charge < -0.3 is 4.90 Å². The Morgan fingerprint density at radius 3 is 1.62 bits per heavy atom. The van der Waals surface area contributed by atoms with E-state index in [1.807, 2.05) is 0 Å². The second kappa shape index (κ2) is 16.5. The minimum atomic E-state index is -0.435. The maximum atomic E-state index is 2.55. The first kappa shape index (κ1) is 40.5. The highest BCUT2D eigenvalue weighted by Crippen LogP contribution is 2.58. The smallest absolute Gasteiger partial charge is 0.0540 e. The number of benzene rings is 12. The second-order valence-corrected chi connectivity index (χ2v) is 18.5. The van der Waals surface area contributed by atoms with Crippen LogP contribution in [-0.4, -0.2) is 0 Å². The fourth-order valence-electron chi connectivity index (χ4n) is 11.5. The molecule has 0 saturated carbocycles. The number of nitrogens with zero attached hydrogens (tertiary/aromatic N) is 1. The molecule has 1 unspecified atom stereocenters. The molecule has 0 fully saturated rings. The molecule has 1 heteroatoms. The van der Waals surface area contributed by atoms with Gasteiger partial charge in [0, 0.05) is 16.7 Å². The van der Waals surface area contributed by atoms with E-state index in [-0.39, 0.29) is 0 Å². The molecule has 1 nitrogen and oxygen atoms in total. The number of anilines is 3. The average Bonchev–Trinajstić information content (AvgIpc) is 3.70. The lowest BCUT2D eigenvalue weighted by molar-refractivity contribution is 0.714. The summed E-state index contributed by atoms with van der Waals surface area (Å²) < 4.78 is 0. The Kier molecular flexibility index (Phi) is 9.70. The minimum Gasteiger partial charge on any atom is -0.310 e. The Bertz CT molecular complexity index is 3910. The van der Waals surface area contributed by atoms with Crippen molar-refractivity contribution in [1.82, 2.24) is 0 Å². The van der Waals surface area contributed by atoms with Crippen molar-refractivity contribution in [1.29, 1.82) is 0 Å². The molecule has 1 atom stereocenters. The molecule has 1 aliphatic carbocycles. The lowest BCUT2D eigenvalue weighted by atomic mass is 9.73. The fourth-order valence-corrected chi connectivity index (χ4v) is 11.5. The molecule has 0 radical (unpaired) electrons. The summed E-state index contributed by atoms with van der Waals surface area (Å²) in [4.78, 5) is 2.55. The van der Waals surface area contributed by atoms with Gasteiger partial charge in [0.25, 0.3) is 0 Å². The van der Waals surface area contributed by atoms with Crippen molar-refractivity contribution in [2.75, 3.05) is 4.90 Å². The lowest BCUT2D eigenvalue weighted by Gasteiger charge is -2.35. The first-order valence-electron chi connectivity index (χ1n) is 24.0. The van der Waals surface area contributed by atoms with E-state index in [0.717, 1.165) is 28.2 Å². The third-order valence-electron chi connectivity index (χ3n) is 14.7. The van der Waals surface area contributed by atoms with Gasteiger partial charge in [-0.1, -0.05) is 231 Å². The van der Waals surface area contributed by atoms with Gasteiger partial charge in [-0.15, -0.1) is 0 Å². The molecule has 0 amide bonds. The van der Waals surface area contributed by atoms with Crippen molar-refractivity contribution in [2.24, 2.45) is 0 Å². The highest BCUT2D eigenvalue weighted by molar-refractivity contribution is 6.22. The first-order valence-corrected chi connectivity index (χ1v) is 24.0. The molecule has 0 heterocycles. The molecule has 1 aliphatic rings. The van der Waals surface area contributed by atoms with Gasteiger partial charge in [0.2, 0.25) is 0 Å². The van der Waals surface area contributed by atoms with Crippen LogP contribution < -0.4 is 4.90 Å². The van der Waals surface area contributed by atoms with E-state index in [0.29, 0.717) is 0 Å². The molecule has 12 aromatic rings. The average molecular weight is 878 g/mol. The van der Waals surface area contributed by atoms with E-state index >= 15 is 0 Å². The van der Waals surface area contributed by atoms with Crippen LogP contribution >= 0.6 is 0 Å². The van der Waals surface area contributed by atoms with Crippen LogP contribution in [-0.2, 0) is 5.41 Å². The molecule has 324 valence electrons. The maximum absolute atomic E-state index is 2.55. The third kappa shape index (κ3) is 6.61. The van der Waals surface area contributed by atoms with Gasteiger partial charge in [0.1, 0.15) is 0 Å². The van der Waals surface area contributed by atoms with E-state index in [1.165, 1.54) is 93.5 Å². The van der Waals surface area contributed by atoms with Crippen molar-refractivity contribution in [3.8, 4) is 55.6 Å². The van der Waals surface area contributed by atoms with E-state index in [1.54, 1.807) is 0 Å². The van der Waals surface area contributed by atoms with E-state index in [4.69, 9.17) is 0 Å². The topological polar surface area (TPSA) is 3.24 Å². The molecular weight excluding hydrogens is 831 g/mol. The Morgan fingerprint density at radius 1 is 0.304 bits per heavy atom. The summed E-state index contributed by atoms with van der Waals surface area (Å²) in [7, 11) is 0. The van der Waals surface area contributed by atoms with Gasteiger partial charge in [-0.25, -0.2) is 0 Å². The largest absolute Gasteiger partial charge is 0.310 e. The van der Waals surface area contributed by atoms with Crippen LogP contribution in [0.15, 0.2) is 267 Å². The summed E-state index contributed by atoms with van der Waals surface area (Å²) in [6.45, 7) is 2.43. The van der Waals surface area contributed by atoms with Gasteiger partial charge in [0.05, 0.1) is 11.4 Å². The van der Waals surface area contributed by atoms with Crippen molar-refractivity contribution in [2.45, 2.75) is 12.3 Å². The summed E-state index contributed by atoms with van der Waals surface area (Å²) in [5.41, 5.74) is 18.9. The van der Waals surface area contributed by atoms with Crippen molar-refractivity contribution >= 4 is 49.4 Å². The molecule has 12 aromatic carbocycles. The van der Waals surface area contributed by atoms with E-state index < -0.39 is 5.41 Å². The van der Waals surface area contributed by atoms with Crippen LogP contribution in [0, 0.1) is 0 Å². The van der Waals surface area contributed by atoms with Crippen molar-refractivity contribution in [3.05, 3.63) is 284 Å². The second-order valence-electron chi connectivity index (χ2n) is 18.5. The van der Waals surface area contributed by atoms with Crippen molar-refractivity contribution < 1.29 is 0 Å². The molecule has 0 N–H and O–H groups in total. The zero-order valence-corrected chi connectivity index (χ0v) is 38.4. The molecule has 0 aliphatic heterocycles. The lowest BCUT2D eigenvalue weighted by Crippen LogP contribution is -2.25. The maximum Gasteiger partial charge on any atom is 0.0540 e. The quantitative estimate of drug-likeness (QED) is 0.138. The Hall–Kier alpha value is -8.78. The number of rotatable bonds is 8. The highest BCUT2D eigenvalue weighted by atomic mass is 15.1. The Balaban J connectivity index is 1.09. The summed E-state index contributed by atoms with van der Waals surface area (Å²) in [6.07, 6.45) is 0. The Labute approximate surface area is 403 Å². The number of hydrogen-bond acceptors (Lipinski definition) is 1. The minimum absolute atomic E-state index is 0.435. The summed E-state index contributed by atoms with van der Waals surface area (Å²) in [5.74, 6) is 0. The number of fused-ring (bicyclic) bond motifs is 7. The van der Waals surface area contributed by atoms with E-state index in [2.05, 4.69) is 279 Å². The molecule has 0 aromatic heterocycles. The van der Waals surface area contributed by atoms with Crippen molar-refractivity contribution in [3.63, 3.8) is 0 Å². The van der Waals surface area contributed by atoms with E-state index in [9.17, 15) is 0 Å². The summed E-state index contributed by atoms with van der Waals surface area (Å²) >= 11 is 0. The number of hydrogen-bond donors (Lipinski definition) is 0. The highest BCUT2D eigenvalue weighted by Gasteiger charge is 2.43. The molecule has 0 spiro atoms. The van der Waals surface area contributed by atoms with Gasteiger partial charge >= 0.3 is 0 Å². The van der Waals surface area contributed by atoms with Crippen LogP contribution in [0.25, 0.3) is 88.0 Å². The molecular formula is C68H47N. The van der Waals surface area contributed by atoms with Gasteiger partial charge in [0.15, 0.2) is 0 Å². The standard InChI is InChI=1S/C68H47N/c1-68(53-28-9-4-10-29-53)62-36-17-15-33-58(62)60-35-20-38-64(67(60)68)69(54-30-19-27-50(44-54)51-40-39-46-21-11-12-26-49(46)43-51)63-37-18-16-31-55(63)52-41-42-57-56-32-13-14-34-59(56)65(47-22-5-2-6-23-47)66(61(57)45-52)48-24-7-3-8-25-48/h2-45H,1H3. The van der Waals surface area contributed by atoms with Gasteiger partial charge in [-0.2, -0.15) is 0 Å². The van der Waals surface area contributed by atoms with Gasteiger partial charge in [-0.3, -0.25) is 0 Å². The molecule has 0 bridgehead atoms. The zero-order valence-electron chi connectivity index (χ0n) is 38.4. The summed E-state index contributed by atoms with van der Waals surface area (Å²) in [6, 6.07) is 98.6. The predicted octanol–water partition coefficient (Wildman–Crippen LogP) is 18.6. The normalized spacial score (nSPS) is 13.9. The summed E-state index contributed by atoms with van der Waals surface area (Å²) in [5, 5.41) is 7.43. The fraction of sp³-hybridized carbons (Fsp3) is 0.0294. The molecule has 69 heavy (non-hydrogen) atoms. The predicted molar refractivity (Wildman–Crippen MR) is 293 cm³/mol. The van der Waals surface area contributed by atoms with Crippen LogP contribution in [0.2, 0.25) is 0 Å². The SMILES string of the molecule is CC1(c2ccccc2)c2ccccc2-c2cccc(N(c3cccc(-c4ccc5ccccc5c4)c3)c3ccccc3-c3ccc4c(c3)c(-c3ccccc3)c(-c3ccccc3)c3ccccc34)c21.